The van der Waals surface area contributed by atoms with Gasteiger partial charge in [-0.1, -0.05) is 0 Å². The molecule has 0 bridgehead atoms. The van der Waals surface area contributed by atoms with Crippen molar-refractivity contribution in [1.82, 2.24) is 5.32 Å². The van der Waals surface area contributed by atoms with Crippen LogP contribution in [0.15, 0.2) is 18.2 Å². The van der Waals surface area contributed by atoms with E-state index in [9.17, 15) is 19.7 Å². The zero-order valence-corrected chi connectivity index (χ0v) is 10.5. The van der Waals surface area contributed by atoms with Crippen molar-refractivity contribution in [3.63, 3.8) is 0 Å². The van der Waals surface area contributed by atoms with E-state index < -0.39 is 16.9 Å². The third-order valence-electron chi connectivity index (χ3n) is 3.13. The molecule has 1 saturated carbocycles. The summed E-state index contributed by atoms with van der Waals surface area (Å²) >= 11 is 0. The van der Waals surface area contributed by atoms with E-state index >= 15 is 0 Å². The number of urea groups is 1. The number of nitrogens with one attached hydrogen (secondary N) is 2. The molecule has 2 rings (SSSR count). The summed E-state index contributed by atoms with van der Waals surface area (Å²) in [7, 11) is 0. The number of benzene rings is 1. The lowest BCUT2D eigenvalue weighted by atomic mass is 9.93. The van der Waals surface area contributed by atoms with E-state index in [1.807, 2.05) is 0 Å². The van der Waals surface area contributed by atoms with Crippen LogP contribution in [0.3, 0.4) is 0 Å². The maximum atomic E-state index is 11.7. The van der Waals surface area contributed by atoms with Crippen molar-refractivity contribution in [2.24, 2.45) is 0 Å². The Morgan fingerprint density at radius 2 is 2.05 bits per heavy atom. The number of non-ortho nitro benzene ring substituents is 1. The van der Waals surface area contributed by atoms with Crippen LogP contribution < -0.4 is 10.6 Å². The lowest BCUT2D eigenvalue weighted by Crippen LogP contribution is -2.42. The van der Waals surface area contributed by atoms with E-state index in [0.29, 0.717) is 0 Å². The smallest absolute Gasteiger partial charge is 0.338 e. The predicted molar refractivity (Wildman–Crippen MR) is 69.8 cm³/mol. The first-order chi connectivity index (χ1) is 9.47. The Kier molecular flexibility index (Phi) is 3.83. The van der Waals surface area contributed by atoms with Gasteiger partial charge in [0.1, 0.15) is 0 Å². The lowest BCUT2D eigenvalue weighted by molar-refractivity contribution is -0.384. The average Bonchev–Trinajstić information content (AvgIpc) is 2.33. The van der Waals surface area contributed by atoms with Gasteiger partial charge in [0.25, 0.3) is 5.69 Å². The minimum atomic E-state index is -1.34. The molecule has 20 heavy (non-hydrogen) atoms. The number of carbonyl (C=O) groups is 2. The number of carboxylic acids is 1. The highest BCUT2D eigenvalue weighted by atomic mass is 16.6. The molecule has 8 nitrogen and oxygen atoms in total. The fourth-order valence-corrected chi connectivity index (χ4v) is 1.83. The molecule has 0 atom stereocenters. The van der Waals surface area contributed by atoms with Gasteiger partial charge in [0.15, 0.2) is 0 Å². The summed E-state index contributed by atoms with van der Waals surface area (Å²) in [6.45, 7) is 0. The molecule has 8 heteroatoms. The van der Waals surface area contributed by atoms with Crippen LogP contribution in [-0.4, -0.2) is 28.1 Å². The fourth-order valence-electron chi connectivity index (χ4n) is 1.83. The Balaban J connectivity index is 2.15. The standard InChI is InChI=1S/C12H13N3O5/c16-11(17)9-6-8(15(19)20)4-5-10(9)14-12(18)13-7-2-1-3-7/h4-7H,1-3H2,(H,16,17)(H2,13,14,18). The number of aromatic carboxylic acids is 1. The zero-order valence-electron chi connectivity index (χ0n) is 10.5. The summed E-state index contributed by atoms with van der Waals surface area (Å²) in [6.07, 6.45) is 2.86. The SMILES string of the molecule is O=C(Nc1ccc([N+](=O)[O-])cc1C(=O)O)NC1CCC1. The Hall–Kier alpha value is -2.64. The van der Waals surface area contributed by atoms with Gasteiger partial charge in [-0.05, 0) is 25.3 Å². The van der Waals surface area contributed by atoms with Crippen molar-refractivity contribution in [2.45, 2.75) is 25.3 Å². The van der Waals surface area contributed by atoms with E-state index in [4.69, 9.17) is 5.11 Å². The van der Waals surface area contributed by atoms with Gasteiger partial charge < -0.3 is 15.7 Å². The number of anilines is 1. The Morgan fingerprint density at radius 1 is 1.35 bits per heavy atom. The molecule has 1 aromatic carbocycles. The maximum Gasteiger partial charge on any atom is 0.338 e. The van der Waals surface area contributed by atoms with Crippen LogP contribution in [0.25, 0.3) is 0 Å². The lowest BCUT2D eigenvalue weighted by Gasteiger charge is -2.26. The summed E-state index contributed by atoms with van der Waals surface area (Å²) in [5, 5.41) is 24.7. The van der Waals surface area contributed by atoms with Crippen LogP contribution >= 0.6 is 0 Å². The molecule has 0 spiro atoms. The number of hydrogen-bond donors (Lipinski definition) is 3. The molecule has 0 aromatic heterocycles. The normalized spacial score (nSPS) is 14.2. The second kappa shape index (κ2) is 5.55. The Morgan fingerprint density at radius 3 is 2.55 bits per heavy atom. The summed E-state index contributed by atoms with van der Waals surface area (Å²) < 4.78 is 0. The van der Waals surface area contributed by atoms with Gasteiger partial charge in [-0.25, -0.2) is 9.59 Å². The van der Waals surface area contributed by atoms with Gasteiger partial charge in [-0.2, -0.15) is 0 Å². The highest BCUT2D eigenvalue weighted by molar-refractivity contribution is 6.00. The summed E-state index contributed by atoms with van der Waals surface area (Å²) in [6, 6.07) is 2.88. The van der Waals surface area contributed by atoms with Gasteiger partial charge in [-0.15, -0.1) is 0 Å². The highest BCUT2D eigenvalue weighted by Gasteiger charge is 2.21. The minimum Gasteiger partial charge on any atom is -0.478 e. The van der Waals surface area contributed by atoms with Crippen LogP contribution in [-0.2, 0) is 0 Å². The fraction of sp³-hybridized carbons (Fsp3) is 0.333. The average molecular weight is 279 g/mol. The van der Waals surface area contributed by atoms with Crippen LogP contribution in [0.2, 0.25) is 0 Å². The van der Waals surface area contributed by atoms with Crippen molar-refractivity contribution < 1.29 is 19.6 Å². The molecule has 1 aromatic rings. The molecule has 2 amide bonds. The molecular formula is C12H13N3O5. The minimum absolute atomic E-state index is 0.0277. The number of nitro benzene ring substituents is 1. The molecule has 0 heterocycles. The monoisotopic (exact) mass is 279 g/mol. The summed E-state index contributed by atoms with van der Waals surface area (Å²) in [4.78, 5) is 32.7. The van der Waals surface area contributed by atoms with E-state index in [2.05, 4.69) is 10.6 Å². The zero-order chi connectivity index (χ0) is 14.7. The predicted octanol–water partition coefficient (Wildman–Crippen LogP) is 1.97. The van der Waals surface area contributed by atoms with Crippen molar-refractivity contribution in [2.75, 3.05) is 5.32 Å². The highest BCUT2D eigenvalue weighted by Crippen LogP contribution is 2.23. The van der Waals surface area contributed by atoms with E-state index in [0.717, 1.165) is 31.4 Å². The van der Waals surface area contributed by atoms with Gasteiger partial charge in [0.05, 0.1) is 16.2 Å². The van der Waals surface area contributed by atoms with Gasteiger partial charge in [-0.3, -0.25) is 10.1 Å². The molecule has 106 valence electrons. The van der Waals surface area contributed by atoms with Crippen LogP contribution in [0.4, 0.5) is 16.2 Å². The van der Waals surface area contributed by atoms with Crippen molar-refractivity contribution in [3.05, 3.63) is 33.9 Å². The van der Waals surface area contributed by atoms with Gasteiger partial charge >= 0.3 is 12.0 Å². The second-order valence-corrected chi connectivity index (χ2v) is 4.52. The summed E-state index contributed by atoms with van der Waals surface area (Å²) in [5.41, 5.74) is -0.629. The molecule has 0 aliphatic heterocycles. The first-order valence-corrected chi connectivity index (χ1v) is 6.06. The van der Waals surface area contributed by atoms with Crippen LogP contribution in [0.5, 0.6) is 0 Å². The molecule has 1 fully saturated rings. The van der Waals surface area contributed by atoms with E-state index in [1.165, 1.54) is 6.07 Å². The first kappa shape index (κ1) is 13.8. The molecule has 0 radical (unpaired) electrons. The molecule has 1 aliphatic rings. The van der Waals surface area contributed by atoms with Gasteiger partial charge in [0.2, 0.25) is 0 Å². The number of carboxylic acid groups (broad SMARTS) is 1. The number of nitro groups is 1. The van der Waals surface area contributed by atoms with Crippen LogP contribution in [0.1, 0.15) is 29.6 Å². The first-order valence-electron chi connectivity index (χ1n) is 6.06. The Bertz CT molecular complexity index is 568. The molecular weight excluding hydrogens is 266 g/mol. The topological polar surface area (TPSA) is 122 Å². The largest absolute Gasteiger partial charge is 0.478 e. The number of carbonyl (C=O) groups excluding carboxylic acids is 1. The quantitative estimate of drug-likeness (QED) is 0.574. The molecule has 0 unspecified atom stereocenters. The number of rotatable bonds is 4. The van der Waals surface area contributed by atoms with Crippen molar-refractivity contribution in [3.8, 4) is 0 Å². The third kappa shape index (κ3) is 3.02. The summed E-state index contributed by atoms with van der Waals surface area (Å²) in [5.74, 6) is -1.34. The molecule has 0 saturated heterocycles. The number of nitrogens with zero attached hydrogens (tertiary/aromatic N) is 1. The molecule has 1 aliphatic carbocycles. The molecule has 3 N–H and O–H groups in total. The van der Waals surface area contributed by atoms with E-state index in [-0.39, 0.29) is 23.0 Å². The van der Waals surface area contributed by atoms with Crippen molar-refractivity contribution in [1.29, 1.82) is 0 Å². The third-order valence-corrected chi connectivity index (χ3v) is 3.13. The van der Waals surface area contributed by atoms with Gasteiger partial charge in [0, 0.05) is 18.2 Å². The Labute approximate surface area is 113 Å². The maximum absolute atomic E-state index is 11.7. The van der Waals surface area contributed by atoms with Crippen LogP contribution in [0, 0.1) is 10.1 Å². The van der Waals surface area contributed by atoms with E-state index in [1.54, 1.807) is 0 Å². The number of amides is 2. The number of hydrogen-bond acceptors (Lipinski definition) is 4. The second-order valence-electron chi connectivity index (χ2n) is 4.52. The van der Waals surface area contributed by atoms with Crippen molar-refractivity contribution >= 4 is 23.4 Å².